The highest BCUT2D eigenvalue weighted by atomic mass is 16.5. The van der Waals surface area contributed by atoms with Gasteiger partial charge in [-0.3, -0.25) is 9.59 Å². The molecular weight excluding hydrogens is 408 g/mol. The van der Waals surface area contributed by atoms with Crippen molar-refractivity contribution in [3.63, 3.8) is 0 Å². The van der Waals surface area contributed by atoms with Crippen LogP contribution in [0.3, 0.4) is 0 Å². The summed E-state index contributed by atoms with van der Waals surface area (Å²) in [6.45, 7) is 3.49. The molecule has 4 aromatic rings. The van der Waals surface area contributed by atoms with Crippen LogP contribution in [0, 0.1) is 0 Å². The number of Topliss-reactive ketones (excluding diaryl/α,β-unsaturated/α-hetero) is 2. The van der Waals surface area contributed by atoms with Crippen molar-refractivity contribution in [2.24, 2.45) is 0 Å². The first-order valence-electron chi connectivity index (χ1n) is 11.0. The lowest BCUT2D eigenvalue weighted by Gasteiger charge is -2.39. The lowest BCUT2D eigenvalue weighted by atomic mass is 9.82. The number of hydrogen-bond donors (Lipinski definition) is 0. The van der Waals surface area contributed by atoms with Gasteiger partial charge < -0.3 is 4.74 Å². The van der Waals surface area contributed by atoms with Crippen molar-refractivity contribution in [2.75, 3.05) is 0 Å². The van der Waals surface area contributed by atoms with Gasteiger partial charge in [0.1, 0.15) is 0 Å². The highest BCUT2D eigenvalue weighted by Gasteiger charge is 2.47. The van der Waals surface area contributed by atoms with Gasteiger partial charge in [0.15, 0.2) is 22.8 Å². The predicted octanol–water partition coefficient (Wildman–Crippen LogP) is 6.60. The van der Waals surface area contributed by atoms with Gasteiger partial charge in [-0.15, -0.1) is 0 Å². The van der Waals surface area contributed by atoms with Crippen molar-refractivity contribution in [3.8, 4) is 0 Å². The second-order valence-electron chi connectivity index (χ2n) is 8.29. The molecule has 2 atom stereocenters. The maximum absolute atomic E-state index is 13.9. The van der Waals surface area contributed by atoms with Crippen LogP contribution in [0.5, 0.6) is 0 Å². The molecule has 0 N–H and O–H groups in total. The smallest absolute Gasteiger partial charge is 0.198 e. The van der Waals surface area contributed by atoms with E-state index < -0.39 is 11.2 Å². The topological polar surface area (TPSA) is 43.4 Å². The number of hydrogen-bond acceptors (Lipinski definition) is 3. The van der Waals surface area contributed by atoms with Crippen molar-refractivity contribution in [2.45, 2.75) is 25.0 Å². The average molecular weight is 435 g/mol. The quantitative estimate of drug-likeness (QED) is 0.294. The van der Waals surface area contributed by atoms with E-state index in [4.69, 9.17) is 4.74 Å². The molecule has 4 aromatic carbocycles. The van der Waals surface area contributed by atoms with Gasteiger partial charge in [-0.1, -0.05) is 121 Å². The summed E-state index contributed by atoms with van der Waals surface area (Å²) < 4.78 is 6.73. The largest absolute Gasteiger partial charge is 0.343 e. The number of benzene rings is 4. The van der Waals surface area contributed by atoms with Crippen LogP contribution in [0.25, 0.3) is 0 Å². The third-order valence-electron chi connectivity index (χ3n) is 6.00. The zero-order chi connectivity index (χ0) is 23.3. The van der Waals surface area contributed by atoms with Crippen molar-refractivity contribution in [1.29, 1.82) is 0 Å². The zero-order valence-corrected chi connectivity index (χ0v) is 18.8. The molecule has 0 spiro atoms. The summed E-state index contributed by atoms with van der Waals surface area (Å²) in [5.41, 5.74) is -0.406. The molecule has 0 aliphatic rings. The fraction of sp³-hybridized carbons (Fsp3) is 0.133. The maximum Gasteiger partial charge on any atom is 0.198 e. The molecule has 0 fully saturated rings. The van der Waals surface area contributed by atoms with E-state index in [9.17, 15) is 9.59 Å². The van der Waals surface area contributed by atoms with Crippen LogP contribution in [0.1, 0.15) is 45.7 Å². The molecule has 0 aliphatic carbocycles. The molecule has 164 valence electrons. The van der Waals surface area contributed by atoms with Crippen LogP contribution in [-0.4, -0.2) is 11.6 Å². The summed E-state index contributed by atoms with van der Waals surface area (Å²) in [4.78, 5) is 27.8. The van der Waals surface area contributed by atoms with E-state index in [0.717, 1.165) is 0 Å². The van der Waals surface area contributed by atoms with Gasteiger partial charge >= 0.3 is 0 Å². The van der Waals surface area contributed by atoms with Gasteiger partial charge in [0.25, 0.3) is 0 Å². The van der Waals surface area contributed by atoms with Gasteiger partial charge in [-0.05, 0) is 25.0 Å². The van der Waals surface area contributed by atoms with E-state index in [1.54, 1.807) is 38.1 Å². The summed E-state index contributed by atoms with van der Waals surface area (Å²) >= 11 is 0. The lowest BCUT2D eigenvalue weighted by Crippen LogP contribution is -2.47. The van der Waals surface area contributed by atoms with Gasteiger partial charge in [0.05, 0.1) is 0 Å². The van der Waals surface area contributed by atoms with Gasteiger partial charge in [0.2, 0.25) is 0 Å². The first kappa shape index (κ1) is 22.4. The average Bonchev–Trinajstić information content (AvgIpc) is 2.89. The normalized spacial score (nSPS) is 14.6. The molecule has 0 saturated heterocycles. The van der Waals surface area contributed by atoms with Crippen LogP contribution in [0.4, 0.5) is 0 Å². The molecule has 33 heavy (non-hydrogen) atoms. The summed E-state index contributed by atoms with van der Waals surface area (Å²) in [5.74, 6) is -0.422. The molecular formula is C30H26O3. The minimum Gasteiger partial charge on any atom is -0.343 e. The van der Waals surface area contributed by atoms with Crippen molar-refractivity contribution in [1.82, 2.24) is 0 Å². The SMILES string of the molecule is CC(OC(C)(C(=O)c1ccccc1)c1ccccc1)(C(=O)c1ccccc1)c1ccccc1. The lowest BCUT2D eigenvalue weighted by molar-refractivity contribution is -0.105. The van der Waals surface area contributed by atoms with Crippen LogP contribution >= 0.6 is 0 Å². The van der Waals surface area contributed by atoms with Crippen LogP contribution in [0.2, 0.25) is 0 Å². The van der Waals surface area contributed by atoms with Gasteiger partial charge in [-0.2, -0.15) is 0 Å². The van der Waals surface area contributed by atoms with Crippen molar-refractivity contribution in [3.05, 3.63) is 144 Å². The summed E-state index contributed by atoms with van der Waals surface area (Å²) in [6.07, 6.45) is 0. The van der Waals surface area contributed by atoms with E-state index in [1.165, 1.54) is 0 Å². The Hall–Kier alpha value is -3.82. The number of carbonyl (C=O) groups excluding carboxylic acids is 2. The highest BCUT2D eigenvalue weighted by Crippen LogP contribution is 2.40. The maximum atomic E-state index is 13.9. The van der Waals surface area contributed by atoms with Crippen molar-refractivity contribution >= 4 is 11.6 Å². The van der Waals surface area contributed by atoms with Crippen LogP contribution in [0.15, 0.2) is 121 Å². The van der Waals surface area contributed by atoms with Gasteiger partial charge in [-0.25, -0.2) is 0 Å². The molecule has 3 nitrogen and oxygen atoms in total. The van der Waals surface area contributed by atoms with E-state index >= 15 is 0 Å². The summed E-state index contributed by atoms with van der Waals surface area (Å²) in [7, 11) is 0. The fourth-order valence-electron chi connectivity index (χ4n) is 4.12. The van der Waals surface area contributed by atoms with Crippen molar-refractivity contribution < 1.29 is 14.3 Å². The Kier molecular flexibility index (Phi) is 6.34. The zero-order valence-electron chi connectivity index (χ0n) is 18.8. The fourth-order valence-corrected chi connectivity index (χ4v) is 4.12. The monoisotopic (exact) mass is 434 g/mol. The number of ether oxygens (including phenoxy) is 1. The Balaban J connectivity index is 1.88. The number of rotatable bonds is 8. The predicted molar refractivity (Wildman–Crippen MR) is 130 cm³/mol. The third-order valence-corrected chi connectivity index (χ3v) is 6.00. The Bertz CT molecular complexity index is 1120. The summed E-state index contributed by atoms with van der Waals surface area (Å²) in [5, 5.41) is 0. The summed E-state index contributed by atoms with van der Waals surface area (Å²) in [6, 6.07) is 36.8. The van der Waals surface area contributed by atoms with E-state index in [2.05, 4.69) is 0 Å². The van der Waals surface area contributed by atoms with E-state index in [0.29, 0.717) is 22.3 Å². The van der Waals surface area contributed by atoms with Crippen LogP contribution < -0.4 is 0 Å². The van der Waals surface area contributed by atoms with Crippen LogP contribution in [-0.2, 0) is 15.9 Å². The standard InChI is InChI=1S/C30H26O3/c1-29(25-19-11-5-12-20-25,27(31)23-15-7-3-8-16-23)33-30(2,26-21-13-6-14-22-26)28(32)24-17-9-4-10-18-24/h3-22H,1-2H3. The molecule has 0 saturated carbocycles. The Labute approximate surface area is 194 Å². The molecule has 0 amide bonds. The number of carbonyl (C=O) groups is 2. The minimum absolute atomic E-state index is 0.211. The first-order valence-corrected chi connectivity index (χ1v) is 11.0. The minimum atomic E-state index is -1.41. The molecule has 0 radical (unpaired) electrons. The highest BCUT2D eigenvalue weighted by molar-refractivity contribution is 6.05. The second-order valence-corrected chi connectivity index (χ2v) is 8.29. The molecule has 0 bridgehead atoms. The number of ketones is 2. The molecule has 4 rings (SSSR count). The molecule has 0 aromatic heterocycles. The van der Waals surface area contributed by atoms with E-state index in [1.807, 2.05) is 97.1 Å². The van der Waals surface area contributed by atoms with Gasteiger partial charge in [0, 0.05) is 11.1 Å². The Morgan fingerprint density at radius 2 is 0.758 bits per heavy atom. The first-order chi connectivity index (χ1) is 15.9. The molecule has 0 heterocycles. The molecule has 0 aliphatic heterocycles. The second kappa shape index (κ2) is 9.35. The molecule has 2 unspecified atom stereocenters. The Morgan fingerprint density at radius 3 is 1.06 bits per heavy atom. The third kappa shape index (κ3) is 4.41. The Morgan fingerprint density at radius 1 is 0.485 bits per heavy atom. The molecule has 3 heteroatoms. The van der Waals surface area contributed by atoms with E-state index in [-0.39, 0.29) is 11.6 Å².